The molecule has 1 N–H and O–H groups in total. The van der Waals surface area contributed by atoms with E-state index in [2.05, 4.69) is 4.99 Å². The van der Waals surface area contributed by atoms with Gasteiger partial charge in [0.2, 0.25) is 0 Å². The fourth-order valence-corrected chi connectivity index (χ4v) is 3.15. The fourth-order valence-electron chi connectivity index (χ4n) is 2.98. The molecule has 0 unspecified atom stereocenters. The molecule has 0 aliphatic rings. The van der Waals surface area contributed by atoms with Crippen molar-refractivity contribution in [2.24, 2.45) is 4.99 Å². The average molecular weight is 408 g/mol. The number of fused-ring (bicyclic) bond motifs is 1. The lowest BCUT2D eigenvalue weighted by molar-refractivity contribution is 0.414. The molecule has 0 aliphatic heterocycles. The van der Waals surface area contributed by atoms with Gasteiger partial charge in [-0.05, 0) is 60.7 Å². The Morgan fingerprint density at radius 2 is 1.59 bits per heavy atom. The lowest BCUT2D eigenvalue weighted by Gasteiger charge is -2.08. The van der Waals surface area contributed by atoms with Crippen molar-refractivity contribution in [1.82, 2.24) is 0 Å². The van der Waals surface area contributed by atoms with Crippen LogP contribution in [-0.2, 0) is 0 Å². The van der Waals surface area contributed by atoms with Crippen LogP contribution in [0.3, 0.4) is 0 Å². The fraction of sp³-hybridized carbons (Fsp3) is 0.0870. The van der Waals surface area contributed by atoms with Crippen molar-refractivity contribution in [3.05, 3.63) is 77.1 Å². The van der Waals surface area contributed by atoms with Crippen molar-refractivity contribution < 1.29 is 19.0 Å². The summed E-state index contributed by atoms with van der Waals surface area (Å²) >= 11 is 6.08. The first kappa shape index (κ1) is 18.9. The van der Waals surface area contributed by atoms with Crippen molar-refractivity contribution in [3.8, 4) is 28.6 Å². The lowest BCUT2D eigenvalue weighted by Crippen LogP contribution is -2.03. The second-order valence-electron chi connectivity index (χ2n) is 6.33. The molecule has 4 rings (SSSR count). The Labute approximate surface area is 172 Å². The molecule has 0 bridgehead atoms. The summed E-state index contributed by atoms with van der Waals surface area (Å²) in [7, 11) is 3.22. The third kappa shape index (κ3) is 3.91. The zero-order valence-corrected chi connectivity index (χ0v) is 16.6. The third-order valence-corrected chi connectivity index (χ3v) is 4.74. The van der Waals surface area contributed by atoms with Crippen LogP contribution in [0.2, 0.25) is 5.02 Å². The molecule has 6 heteroatoms. The number of nitrogens with zero attached hydrogens (tertiary/aromatic N) is 1. The number of phenols is 1. The number of benzene rings is 3. The molecule has 0 spiro atoms. The molecule has 0 fully saturated rings. The second kappa shape index (κ2) is 7.89. The Kier molecular flexibility index (Phi) is 5.14. The Morgan fingerprint density at radius 1 is 0.862 bits per heavy atom. The number of phenolic OH excluding ortho intramolecular Hbond substituents is 1. The maximum absolute atomic E-state index is 10.2. The van der Waals surface area contributed by atoms with Crippen LogP contribution in [0, 0.1) is 0 Å². The van der Waals surface area contributed by atoms with Crippen molar-refractivity contribution in [3.63, 3.8) is 0 Å². The zero-order chi connectivity index (χ0) is 20.4. The summed E-state index contributed by atoms with van der Waals surface area (Å²) in [6.45, 7) is 0. The van der Waals surface area contributed by atoms with E-state index in [0.717, 1.165) is 16.7 Å². The molecule has 0 amide bonds. The number of aromatic hydroxyl groups is 1. The molecule has 29 heavy (non-hydrogen) atoms. The molecule has 0 atom stereocenters. The summed E-state index contributed by atoms with van der Waals surface area (Å²) in [5, 5.41) is 12.1. The van der Waals surface area contributed by atoms with Crippen LogP contribution in [0.25, 0.3) is 22.3 Å². The van der Waals surface area contributed by atoms with Gasteiger partial charge in [0.1, 0.15) is 34.3 Å². The molecule has 146 valence electrons. The van der Waals surface area contributed by atoms with Crippen LogP contribution in [0.4, 0.5) is 5.69 Å². The minimum absolute atomic E-state index is 0.0391. The molecule has 1 aromatic heterocycles. The first-order valence-corrected chi connectivity index (χ1v) is 9.25. The Balaban J connectivity index is 1.98. The summed E-state index contributed by atoms with van der Waals surface area (Å²) < 4.78 is 16.7. The predicted molar refractivity (Wildman–Crippen MR) is 113 cm³/mol. The molecular weight excluding hydrogens is 390 g/mol. The lowest BCUT2D eigenvalue weighted by atomic mass is 10.1. The van der Waals surface area contributed by atoms with Gasteiger partial charge in [-0.15, -0.1) is 0 Å². The normalized spacial score (nSPS) is 11.6. The summed E-state index contributed by atoms with van der Waals surface area (Å²) in [4.78, 5) is 4.65. The Hall–Kier alpha value is -3.44. The Morgan fingerprint density at radius 3 is 2.31 bits per heavy atom. The average Bonchev–Trinajstić information content (AvgIpc) is 2.76. The summed E-state index contributed by atoms with van der Waals surface area (Å²) in [5.74, 6) is 2.10. The van der Waals surface area contributed by atoms with Crippen LogP contribution in [0.1, 0.15) is 0 Å². The molecule has 1 heterocycles. The van der Waals surface area contributed by atoms with E-state index in [1.165, 1.54) is 6.07 Å². The van der Waals surface area contributed by atoms with E-state index < -0.39 is 0 Å². The smallest absolute Gasteiger partial charge is 0.141 e. The van der Waals surface area contributed by atoms with Gasteiger partial charge in [0.25, 0.3) is 0 Å². The standard InChI is InChI=1S/C23H18ClNO4/c1-27-16-6-3-14(4-7-16)23-13-19(25-20-11-15(24)5-9-21(20)26)18-12-17(28-2)8-10-22(18)29-23/h3-13,26H,1-2H3. The van der Waals surface area contributed by atoms with Gasteiger partial charge in [-0.25, -0.2) is 4.99 Å². The van der Waals surface area contributed by atoms with Gasteiger partial charge < -0.3 is 19.0 Å². The van der Waals surface area contributed by atoms with E-state index in [1.807, 2.05) is 48.5 Å². The number of rotatable bonds is 4. The maximum Gasteiger partial charge on any atom is 0.141 e. The molecular formula is C23H18ClNO4. The van der Waals surface area contributed by atoms with E-state index >= 15 is 0 Å². The second-order valence-corrected chi connectivity index (χ2v) is 6.77. The van der Waals surface area contributed by atoms with Crippen LogP contribution >= 0.6 is 11.6 Å². The quantitative estimate of drug-likeness (QED) is 0.470. The highest BCUT2D eigenvalue weighted by molar-refractivity contribution is 6.30. The van der Waals surface area contributed by atoms with Crippen molar-refractivity contribution in [1.29, 1.82) is 0 Å². The van der Waals surface area contributed by atoms with E-state index in [-0.39, 0.29) is 5.75 Å². The monoisotopic (exact) mass is 407 g/mol. The number of halogens is 1. The van der Waals surface area contributed by atoms with E-state index in [4.69, 9.17) is 25.5 Å². The molecule has 0 radical (unpaired) electrons. The van der Waals surface area contributed by atoms with Gasteiger partial charge in [0.05, 0.1) is 19.6 Å². The van der Waals surface area contributed by atoms with Crippen molar-refractivity contribution in [2.75, 3.05) is 14.2 Å². The minimum Gasteiger partial charge on any atom is -0.506 e. The van der Waals surface area contributed by atoms with Crippen molar-refractivity contribution in [2.45, 2.75) is 0 Å². The molecule has 0 saturated carbocycles. The van der Waals surface area contributed by atoms with Crippen LogP contribution < -0.4 is 14.8 Å². The van der Waals surface area contributed by atoms with Gasteiger partial charge in [0.15, 0.2) is 0 Å². The largest absolute Gasteiger partial charge is 0.506 e. The van der Waals surface area contributed by atoms with Crippen LogP contribution in [0.5, 0.6) is 17.2 Å². The molecule has 0 saturated heterocycles. The zero-order valence-electron chi connectivity index (χ0n) is 15.8. The molecule has 3 aromatic carbocycles. The van der Waals surface area contributed by atoms with Crippen LogP contribution in [-0.4, -0.2) is 19.3 Å². The number of ether oxygens (including phenoxy) is 2. The SMILES string of the molecule is COc1ccc(-c2cc(=Nc3cc(Cl)ccc3O)c3cc(OC)ccc3o2)cc1. The third-order valence-electron chi connectivity index (χ3n) is 4.50. The van der Waals surface area contributed by atoms with Gasteiger partial charge >= 0.3 is 0 Å². The number of methoxy groups -OCH3 is 2. The van der Waals surface area contributed by atoms with E-state index in [0.29, 0.717) is 33.2 Å². The summed E-state index contributed by atoms with van der Waals surface area (Å²) in [5.41, 5.74) is 1.88. The Bertz CT molecular complexity index is 1250. The van der Waals surface area contributed by atoms with Gasteiger partial charge in [-0.2, -0.15) is 0 Å². The van der Waals surface area contributed by atoms with E-state index in [9.17, 15) is 5.11 Å². The minimum atomic E-state index is 0.0391. The van der Waals surface area contributed by atoms with Gasteiger partial charge in [0, 0.05) is 22.0 Å². The summed E-state index contributed by atoms with van der Waals surface area (Å²) in [6.07, 6.45) is 0. The van der Waals surface area contributed by atoms with Crippen molar-refractivity contribution >= 4 is 28.3 Å². The first-order chi connectivity index (χ1) is 14.1. The van der Waals surface area contributed by atoms with Gasteiger partial charge in [-0.3, -0.25) is 0 Å². The first-order valence-electron chi connectivity index (χ1n) is 8.87. The highest BCUT2D eigenvalue weighted by Crippen LogP contribution is 2.30. The van der Waals surface area contributed by atoms with E-state index in [1.54, 1.807) is 26.4 Å². The maximum atomic E-state index is 10.2. The highest BCUT2D eigenvalue weighted by atomic mass is 35.5. The topological polar surface area (TPSA) is 64.2 Å². The highest BCUT2D eigenvalue weighted by Gasteiger charge is 2.09. The molecule has 5 nitrogen and oxygen atoms in total. The van der Waals surface area contributed by atoms with Gasteiger partial charge in [-0.1, -0.05) is 11.6 Å². The molecule has 0 aliphatic carbocycles. The predicted octanol–water partition coefficient (Wildman–Crippen LogP) is 5.71. The summed E-state index contributed by atoms with van der Waals surface area (Å²) in [6, 6.07) is 19.6. The number of hydrogen-bond acceptors (Lipinski definition) is 5. The molecule has 4 aromatic rings. The number of hydrogen-bond donors (Lipinski definition) is 1. The van der Waals surface area contributed by atoms with Crippen LogP contribution in [0.15, 0.2) is 76.1 Å².